The Hall–Kier alpha value is -3.12. The van der Waals surface area contributed by atoms with Crippen LogP contribution in [0.5, 0.6) is 17.5 Å². The summed E-state index contributed by atoms with van der Waals surface area (Å²) in [4.78, 5) is 48.1. The molecule has 2 atom stereocenters. The normalized spacial score (nSPS) is 21.0. The van der Waals surface area contributed by atoms with Gasteiger partial charge in [0.05, 0.1) is 10.5 Å². The summed E-state index contributed by atoms with van der Waals surface area (Å²) < 4.78 is 12.3. The molecule has 2 saturated heterocycles. The van der Waals surface area contributed by atoms with Crippen molar-refractivity contribution in [2.45, 2.75) is 52.7 Å². The van der Waals surface area contributed by atoms with Crippen molar-refractivity contribution in [3.63, 3.8) is 0 Å². The fourth-order valence-corrected chi connectivity index (χ4v) is 5.82. The summed E-state index contributed by atoms with van der Waals surface area (Å²) in [6.07, 6.45) is 3.03. The van der Waals surface area contributed by atoms with E-state index in [4.69, 9.17) is 9.47 Å². The number of aromatic nitrogens is 2. The largest absolute Gasteiger partial charge is 0.474 e. The number of halogens is 1. The third kappa shape index (κ3) is 6.73. The zero-order valence-corrected chi connectivity index (χ0v) is 24.6. The minimum atomic E-state index is -0.918. The molecule has 2 fully saturated rings. The molecule has 2 aliphatic rings. The lowest BCUT2D eigenvalue weighted by Gasteiger charge is -2.44. The van der Waals surface area contributed by atoms with E-state index in [1.54, 1.807) is 24.3 Å². The number of nitrogens with zero attached hydrogens (tertiary/aromatic N) is 4. The van der Waals surface area contributed by atoms with Gasteiger partial charge in [-0.3, -0.25) is 14.5 Å². The van der Waals surface area contributed by atoms with Gasteiger partial charge in [0.25, 0.3) is 11.1 Å². The van der Waals surface area contributed by atoms with Crippen molar-refractivity contribution in [3.05, 3.63) is 46.6 Å². The summed E-state index contributed by atoms with van der Waals surface area (Å²) in [6, 6.07) is 6.96. The predicted octanol–water partition coefficient (Wildman–Crippen LogP) is 5.94. The summed E-state index contributed by atoms with van der Waals surface area (Å²) >= 11 is 4.18. The number of alkyl halides is 1. The summed E-state index contributed by atoms with van der Waals surface area (Å²) in [6.45, 7) is 8.60. The van der Waals surface area contributed by atoms with E-state index in [0.717, 1.165) is 11.8 Å². The van der Waals surface area contributed by atoms with Gasteiger partial charge in [-0.1, -0.05) is 48.8 Å². The molecule has 2 aliphatic heterocycles. The topological polar surface area (TPSA) is 122 Å². The Balaban J connectivity index is 1.48. The molecule has 10 nitrogen and oxygen atoms in total. The van der Waals surface area contributed by atoms with Crippen LogP contribution >= 0.6 is 27.7 Å². The van der Waals surface area contributed by atoms with E-state index >= 15 is 0 Å². The quantitative estimate of drug-likeness (QED) is 0.296. The highest BCUT2D eigenvalue weighted by atomic mass is 79.9. The molecule has 3 amide bonds. The lowest BCUT2D eigenvalue weighted by molar-refractivity contribution is -0.122. The van der Waals surface area contributed by atoms with E-state index < -0.39 is 6.09 Å². The number of carbonyl (C=O) groups excluding carboxylic acids is 2. The van der Waals surface area contributed by atoms with Gasteiger partial charge >= 0.3 is 6.09 Å². The van der Waals surface area contributed by atoms with Gasteiger partial charge in [0.15, 0.2) is 0 Å². The first-order valence-corrected chi connectivity index (χ1v) is 14.5. The molecule has 2 unspecified atom stereocenters. The van der Waals surface area contributed by atoms with Crippen LogP contribution in [-0.2, 0) is 4.79 Å². The predicted molar refractivity (Wildman–Crippen MR) is 151 cm³/mol. The zero-order chi connectivity index (χ0) is 28.3. The molecule has 39 heavy (non-hydrogen) atoms. The smallest absolute Gasteiger partial charge is 0.407 e. The Morgan fingerprint density at radius 3 is 2.69 bits per heavy atom. The van der Waals surface area contributed by atoms with E-state index in [1.165, 1.54) is 16.1 Å². The van der Waals surface area contributed by atoms with E-state index in [-0.39, 0.29) is 28.7 Å². The van der Waals surface area contributed by atoms with Gasteiger partial charge in [-0.05, 0) is 47.9 Å². The summed E-state index contributed by atoms with van der Waals surface area (Å²) in [5, 5.41) is 9.86. The van der Waals surface area contributed by atoms with Crippen molar-refractivity contribution in [1.82, 2.24) is 19.8 Å². The van der Waals surface area contributed by atoms with Crippen molar-refractivity contribution >= 4 is 51.0 Å². The van der Waals surface area contributed by atoms with Gasteiger partial charge < -0.3 is 19.5 Å². The maximum atomic E-state index is 12.6. The van der Waals surface area contributed by atoms with E-state index in [2.05, 4.69) is 25.9 Å². The summed E-state index contributed by atoms with van der Waals surface area (Å²) in [5.41, 5.74) is 1.09. The molecular weight excluding hydrogens is 588 g/mol. The fourth-order valence-electron chi connectivity index (χ4n) is 4.60. The number of thioether (sulfide) groups is 1. The molecule has 1 N–H and O–H groups in total. The van der Waals surface area contributed by atoms with Gasteiger partial charge in [-0.25, -0.2) is 14.8 Å². The maximum absolute atomic E-state index is 12.6. The molecule has 1 aromatic carbocycles. The first-order valence-electron chi connectivity index (χ1n) is 12.5. The van der Waals surface area contributed by atoms with Gasteiger partial charge in [-0.15, -0.1) is 0 Å². The first kappa shape index (κ1) is 28.9. The van der Waals surface area contributed by atoms with Gasteiger partial charge in [0.2, 0.25) is 11.8 Å². The van der Waals surface area contributed by atoms with Crippen molar-refractivity contribution in [2.75, 3.05) is 18.4 Å². The molecule has 3 heterocycles. The number of imide groups is 1. The minimum absolute atomic E-state index is 0.185. The van der Waals surface area contributed by atoms with Gasteiger partial charge in [0, 0.05) is 37.3 Å². The highest BCUT2D eigenvalue weighted by Crippen LogP contribution is 2.36. The Bertz CT molecular complexity index is 1300. The van der Waals surface area contributed by atoms with Crippen LogP contribution < -0.4 is 9.47 Å². The van der Waals surface area contributed by atoms with Crippen molar-refractivity contribution in [3.8, 4) is 17.5 Å². The molecule has 208 valence electrons. The Morgan fingerprint density at radius 1 is 1.26 bits per heavy atom. The lowest BCUT2D eigenvalue weighted by atomic mass is 9.80. The monoisotopic (exact) mass is 618 g/mol. The summed E-state index contributed by atoms with van der Waals surface area (Å²) in [5.74, 6) is 0.897. The van der Waals surface area contributed by atoms with Crippen LogP contribution in [0, 0.1) is 12.3 Å². The fraction of sp³-hybridized carbons (Fsp3) is 0.444. The van der Waals surface area contributed by atoms with Crippen LogP contribution in [0.1, 0.15) is 44.7 Å². The zero-order valence-electron chi connectivity index (χ0n) is 22.2. The number of amides is 3. The van der Waals surface area contributed by atoms with Gasteiger partial charge in [0.1, 0.15) is 18.2 Å². The average molecular weight is 620 g/mol. The first-order chi connectivity index (χ1) is 18.5. The number of hydrogen-bond donors (Lipinski definition) is 1. The lowest BCUT2D eigenvalue weighted by Crippen LogP contribution is -2.53. The Labute approximate surface area is 239 Å². The van der Waals surface area contributed by atoms with E-state index in [0.29, 0.717) is 64.8 Å². The molecule has 0 bridgehead atoms. The van der Waals surface area contributed by atoms with Crippen LogP contribution in [0.3, 0.4) is 0 Å². The number of piperidine rings is 1. The van der Waals surface area contributed by atoms with Crippen LogP contribution in [-0.4, -0.2) is 72.7 Å². The maximum Gasteiger partial charge on any atom is 0.407 e. The van der Waals surface area contributed by atoms with Crippen molar-refractivity contribution in [1.29, 1.82) is 0 Å². The number of carbonyl (C=O) groups is 3. The van der Waals surface area contributed by atoms with E-state index in [1.807, 2.05) is 33.8 Å². The molecule has 0 aliphatic carbocycles. The van der Waals surface area contributed by atoms with Crippen molar-refractivity contribution < 1.29 is 29.0 Å². The van der Waals surface area contributed by atoms with E-state index in [9.17, 15) is 19.5 Å². The minimum Gasteiger partial charge on any atom is -0.474 e. The van der Waals surface area contributed by atoms with Gasteiger partial charge in [-0.2, -0.15) is 0 Å². The number of hydrogen-bond acceptors (Lipinski definition) is 8. The number of likely N-dealkylation sites (tertiary alicyclic amines) is 1. The highest BCUT2D eigenvalue weighted by Gasteiger charge is 2.40. The third-order valence-electron chi connectivity index (χ3n) is 6.62. The van der Waals surface area contributed by atoms with Crippen LogP contribution in [0.4, 0.5) is 9.59 Å². The molecule has 0 radical (unpaired) electrons. The Kier molecular flexibility index (Phi) is 8.85. The number of carboxylic acid groups (broad SMARTS) is 1. The molecule has 4 rings (SSSR count). The Morgan fingerprint density at radius 2 is 2.00 bits per heavy atom. The molecule has 0 saturated carbocycles. The second-order valence-electron chi connectivity index (χ2n) is 10.4. The van der Waals surface area contributed by atoms with Crippen molar-refractivity contribution in [2.24, 2.45) is 5.41 Å². The highest BCUT2D eigenvalue weighted by molar-refractivity contribution is 9.09. The second-order valence-corrected chi connectivity index (χ2v) is 12.2. The number of benzene rings is 1. The standard InChI is InChI=1S/C27H31BrN4O6S/c1-16-22(29-15-30-23(16)38-19-8-10-31(25(34)35)21(14-19)27(2,3)4)37-18-7-5-6-17(12-18)13-20-24(33)32(11-9-28)26(36)39-20/h5-7,12-13,15,19,21H,8-11,14H2,1-4H3,(H,34,35). The molecule has 0 spiro atoms. The van der Waals surface area contributed by atoms with Crippen LogP contribution in [0.25, 0.3) is 6.08 Å². The van der Waals surface area contributed by atoms with Crippen LogP contribution in [0.2, 0.25) is 0 Å². The average Bonchev–Trinajstić information content (AvgIpc) is 3.13. The number of rotatable bonds is 7. The summed E-state index contributed by atoms with van der Waals surface area (Å²) in [7, 11) is 0. The molecule has 2 aromatic rings. The molecule has 1 aromatic heterocycles. The molecule has 12 heteroatoms. The van der Waals surface area contributed by atoms with Crippen LogP contribution in [0.15, 0.2) is 35.5 Å². The third-order valence-corrected chi connectivity index (χ3v) is 7.88. The molecular formula is C27H31BrN4O6S. The SMILES string of the molecule is Cc1c(Oc2cccc(C=C3SC(=O)N(CCBr)C3=O)c2)ncnc1OC1CCN(C(=O)O)C(C(C)(C)C)C1. The number of ether oxygens (including phenoxy) is 2. The second kappa shape index (κ2) is 12.0.